The Morgan fingerprint density at radius 1 is 0.404 bits per heavy atom. The summed E-state index contributed by atoms with van der Waals surface area (Å²) < 4.78 is 0. The maximum atomic E-state index is 4.46. The Hall–Kier alpha value is -5.92. The van der Waals surface area contributed by atoms with E-state index in [4.69, 9.17) is 0 Å². The topological polar surface area (TPSA) is 3.24 Å². The van der Waals surface area contributed by atoms with Crippen LogP contribution in [-0.2, 0) is 0 Å². The second kappa shape index (κ2) is 10.6. The van der Waals surface area contributed by atoms with Crippen molar-refractivity contribution in [3.05, 3.63) is 180 Å². The minimum absolute atomic E-state index is 1.03. The van der Waals surface area contributed by atoms with Crippen LogP contribution < -0.4 is 4.90 Å². The SMILES string of the molecule is C=C(c1ccc(C)cc1)c1ccc(N(c2ccc(C)cc2)c2c3ccccc3c3c4cccc5cccc(c6cccc2c63)c54)cc1. The Labute approximate surface area is 275 Å². The van der Waals surface area contributed by atoms with Crippen LogP contribution in [0.3, 0.4) is 0 Å². The highest BCUT2D eigenvalue weighted by atomic mass is 15.1. The number of nitrogens with zero attached hydrogens (tertiary/aromatic N) is 1. The summed E-state index contributed by atoms with van der Waals surface area (Å²) in [6.45, 7) is 8.73. The molecule has 47 heavy (non-hydrogen) atoms. The minimum Gasteiger partial charge on any atom is -0.309 e. The van der Waals surface area contributed by atoms with Gasteiger partial charge in [0.2, 0.25) is 0 Å². The normalized spacial score (nSPS) is 11.7. The van der Waals surface area contributed by atoms with Crippen molar-refractivity contribution in [2.24, 2.45) is 0 Å². The first kappa shape index (κ1) is 27.4. The number of hydrogen-bond acceptors (Lipinski definition) is 1. The van der Waals surface area contributed by atoms with E-state index in [0.29, 0.717) is 0 Å². The molecule has 0 radical (unpaired) electrons. The van der Waals surface area contributed by atoms with Crippen molar-refractivity contribution >= 4 is 76.5 Å². The molecule has 0 aliphatic rings. The van der Waals surface area contributed by atoms with Gasteiger partial charge in [0.25, 0.3) is 0 Å². The van der Waals surface area contributed by atoms with E-state index >= 15 is 0 Å². The molecule has 0 aliphatic heterocycles. The Kier molecular flexibility index (Phi) is 6.16. The largest absolute Gasteiger partial charge is 0.309 e. The Bertz CT molecular complexity index is 2620. The lowest BCUT2D eigenvalue weighted by molar-refractivity contribution is 1.30. The average Bonchev–Trinajstić information content (AvgIpc) is 3.12. The van der Waals surface area contributed by atoms with Crippen molar-refractivity contribution in [3.63, 3.8) is 0 Å². The first-order valence-corrected chi connectivity index (χ1v) is 16.3. The van der Waals surface area contributed by atoms with Crippen molar-refractivity contribution in [3.8, 4) is 0 Å². The van der Waals surface area contributed by atoms with Gasteiger partial charge in [0, 0.05) is 27.5 Å². The average molecular weight is 600 g/mol. The number of benzene rings is 9. The molecule has 0 heterocycles. The van der Waals surface area contributed by atoms with Crippen molar-refractivity contribution < 1.29 is 0 Å². The fourth-order valence-electron chi connectivity index (χ4n) is 7.56. The molecule has 0 saturated carbocycles. The zero-order valence-electron chi connectivity index (χ0n) is 26.6. The van der Waals surface area contributed by atoms with Gasteiger partial charge in [-0.3, -0.25) is 0 Å². The molecule has 0 unspecified atom stereocenters. The van der Waals surface area contributed by atoms with Gasteiger partial charge < -0.3 is 4.90 Å². The summed E-state index contributed by atoms with van der Waals surface area (Å²) in [7, 11) is 0. The highest BCUT2D eigenvalue weighted by Crippen LogP contribution is 2.50. The van der Waals surface area contributed by atoms with Crippen LogP contribution in [-0.4, -0.2) is 0 Å². The van der Waals surface area contributed by atoms with Gasteiger partial charge in [-0.05, 0) is 92.5 Å². The van der Waals surface area contributed by atoms with E-state index in [-0.39, 0.29) is 0 Å². The van der Waals surface area contributed by atoms with E-state index in [1.54, 1.807) is 0 Å². The monoisotopic (exact) mass is 599 g/mol. The molecule has 1 heteroatoms. The first-order chi connectivity index (χ1) is 23.1. The molecular formula is C46H33N. The van der Waals surface area contributed by atoms with Crippen LogP contribution >= 0.6 is 0 Å². The lowest BCUT2D eigenvalue weighted by Gasteiger charge is -2.30. The Morgan fingerprint density at radius 3 is 1.49 bits per heavy atom. The van der Waals surface area contributed by atoms with Gasteiger partial charge in [-0.1, -0.05) is 145 Å². The Balaban J connectivity index is 1.35. The lowest BCUT2D eigenvalue weighted by Crippen LogP contribution is -2.11. The summed E-state index contributed by atoms with van der Waals surface area (Å²) in [4.78, 5) is 2.45. The molecule has 0 fully saturated rings. The molecule has 0 atom stereocenters. The quantitative estimate of drug-likeness (QED) is 0.140. The third-order valence-corrected chi connectivity index (χ3v) is 9.88. The predicted molar refractivity (Wildman–Crippen MR) is 204 cm³/mol. The number of rotatable bonds is 5. The van der Waals surface area contributed by atoms with Gasteiger partial charge in [-0.2, -0.15) is 0 Å². The van der Waals surface area contributed by atoms with Crippen molar-refractivity contribution in [2.75, 3.05) is 4.90 Å². The molecule has 9 rings (SSSR count). The fourth-order valence-corrected chi connectivity index (χ4v) is 7.56. The van der Waals surface area contributed by atoms with E-state index in [0.717, 1.165) is 28.1 Å². The van der Waals surface area contributed by atoms with Crippen molar-refractivity contribution in [1.82, 2.24) is 0 Å². The third kappa shape index (κ3) is 4.24. The smallest absolute Gasteiger partial charge is 0.0619 e. The molecule has 9 aromatic rings. The van der Waals surface area contributed by atoms with Crippen LogP contribution in [0.2, 0.25) is 0 Å². The van der Waals surface area contributed by atoms with Crippen LogP contribution in [0.4, 0.5) is 17.1 Å². The third-order valence-electron chi connectivity index (χ3n) is 9.88. The summed E-state index contributed by atoms with van der Waals surface area (Å²) in [5.41, 5.74) is 9.21. The minimum atomic E-state index is 1.03. The summed E-state index contributed by atoms with van der Waals surface area (Å²) in [6, 6.07) is 55.7. The van der Waals surface area contributed by atoms with E-state index < -0.39 is 0 Å². The van der Waals surface area contributed by atoms with Crippen LogP contribution in [0, 0.1) is 13.8 Å². The van der Waals surface area contributed by atoms with Crippen LogP contribution in [0.1, 0.15) is 22.3 Å². The van der Waals surface area contributed by atoms with E-state index in [1.807, 2.05) is 0 Å². The zero-order valence-corrected chi connectivity index (χ0v) is 26.6. The second-order valence-corrected chi connectivity index (χ2v) is 12.8. The van der Waals surface area contributed by atoms with Gasteiger partial charge in [0.05, 0.1) is 5.69 Å². The molecule has 0 N–H and O–H groups in total. The molecule has 1 nitrogen and oxygen atoms in total. The second-order valence-electron chi connectivity index (χ2n) is 12.8. The maximum absolute atomic E-state index is 4.46. The molecule has 222 valence electrons. The van der Waals surface area contributed by atoms with Gasteiger partial charge in [0.15, 0.2) is 0 Å². The van der Waals surface area contributed by atoms with Gasteiger partial charge in [-0.25, -0.2) is 0 Å². The standard InChI is InChI=1S/C46H33N/c1-29-17-21-32(22-18-29)31(3)33-23-27-36(28-24-33)47(35-25-19-30(2)20-26-35)46-40-12-5-4-11-39(40)44-41-15-7-10-34-9-6-13-37(43(34)41)38-14-8-16-42(46)45(38)44/h4-28H,3H2,1-2H3. The summed E-state index contributed by atoms with van der Waals surface area (Å²) in [5.74, 6) is 0. The lowest BCUT2D eigenvalue weighted by atomic mass is 9.86. The van der Waals surface area contributed by atoms with E-state index in [9.17, 15) is 0 Å². The van der Waals surface area contributed by atoms with Crippen LogP contribution in [0.5, 0.6) is 0 Å². The van der Waals surface area contributed by atoms with Gasteiger partial charge in [-0.15, -0.1) is 0 Å². The molecule has 0 aromatic heterocycles. The number of aryl methyl sites for hydroxylation is 2. The molecule has 0 amide bonds. The maximum Gasteiger partial charge on any atom is 0.0619 e. The zero-order chi connectivity index (χ0) is 31.6. The summed E-state index contributed by atoms with van der Waals surface area (Å²) >= 11 is 0. The van der Waals surface area contributed by atoms with Crippen molar-refractivity contribution in [1.29, 1.82) is 0 Å². The highest BCUT2D eigenvalue weighted by molar-refractivity contribution is 6.40. The number of hydrogen-bond donors (Lipinski definition) is 0. The number of fused-ring (bicyclic) bond motifs is 4. The summed E-state index contributed by atoms with van der Waals surface area (Å²) in [6.07, 6.45) is 0. The van der Waals surface area contributed by atoms with E-state index in [2.05, 4.69) is 177 Å². The van der Waals surface area contributed by atoms with Crippen LogP contribution in [0.25, 0.3) is 59.4 Å². The van der Waals surface area contributed by atoms with Crippen molar-refractivity contribution in [2.45, 2.75) is 13.8 Å². The Morgan fingerprint density at radius 2 is 0.830 bits per heavy atom. The highest BCUT2D eigenvalue weighted by Gasteiger charge is 2.23. The number of anilines is 3. The van der Waals surface area contributed by atoms with Crippen LogP contribution in [0.15, 0.2) is 158 Å². The first-order valence-electron chi connectivity index (χ1n) is 16.3. The van der Waals surface area contributed by atoms with Gasteiger partial charge >= 0.3 is 0 Å². The molecule has 0 aliphatic carbocycles. The predicted octanol–water partition coefficient (Wildman–Crippen LogP) is 13.0. The fraction of sp³-hybridized carbons (Fsp3) is 0.0435. The molecule has 9 aromatic carbocycles. The van der Waals surface area contributed by atoms with Gasteiger partial charge in [0.1, 0.15) is 0 Å². The summed E-state index contributed by atoms with van der Waals surface area (Å²) in [5, 5.41) is 12.9. The molecular weight excluding hydrogens is 567 g/mol. The molecule has 0 bridgehead atoms. The van der Waals surface area contributed by atoms with E-state index in [1.165, 1.54) is 70.7 Å². The molecule has 0 spiro atoms. The molecule has 0 saturated heterocycles.